The lowest BCUT2D eigenvalue weighted by Crippen LogP contribution is -2.32. The van der Waals surface area contributed by atoms with Crippen molar-refractivity contribution in [3.8, 4) is 5.75 Å². The molecule has 0 bridgehead atoms. The number of hydrogen-bond donors (Lipinski definition) is 2. The van der Waals surface area contributed by atoms with Crippen LogP contribution in [0.4, 0.5) is 5.69 Å². The Balaban J connectivity index is 0.00000324. The SMILES string of the molecule is CCOc1ccc(N=C(N)/N=C(\N)N(C)C)cc1.Cl. The van der Waals surface area contributed by atoms with Gasteiger partial charge in [-0.15, -0.1) is 12.4 Å². The molecule has 0 heterocycles. The first-order chi connectivity index (χ1) is 8.52. The molecule has 0 saturated carbocycles. The fourth-order valence-corrected chi connectivity index (χ4v) is 1.16. The zero-order valence-electron chi connectivity index (χ0n) is 11.3. The molecule has 1 aromatic rings. The lowest BCUT2D eigenvalue weighted by atomic mass is 10.3. The Morgan fingerprint density at radius 1 is 1.21 bits per heavy atom. The number of rotatable bonds is 3. The second-order valence-corrected chi connectivity index (χ2v) is 3.76. The average Bonchev–Trinajstić information content (AvgIpc) is 2.31. The number of halogens is 1. The first-order valence-electron chi connectivity index (χ1n) is 5.61. The van der Waals surface area contributed by atoms with E-state index in [9.17, 15) is 0 Å². The Morgan fingerprint density at radius 2 is 1.79 bits per heavy atom. The Bertz CT molecular complexity index is 442. The maximum Gasteiger partial charge on any atom is 0.223 e. The highest BCUT2D eigenvalue weighted by atomic mass is 35.5. The van der Waals surface area contributed by atoms with E-state index in [2.05, 4.69) is 9.98 Å². The summed E-state index contributed by atoms with van der Waals surface area (Å²) in [6.07, 6.45) is 0. The first kappa shape index (κ1) is 17.1. The molecule has 0 spiro atoms. The molecule has 1 rings (SSSR count). The van der Waals surface area contributed by atoms with Crippen LogP contribution in [0.2, 0.25) is 0 Å². The maximum absolute atomic E-state index is 5.67. The molecule has 0 aliphatic carbocycles. The highest BCUT2D eigenvalue weighted by Crippen LogP contribution is 2.17. The van der Waals surface area contributed by atoms with Crippen LogP contribution < -0.4 is 16.2 Å². The minimum Gasteiger partial charge on any atom is -0.494 e. The number of benzene rings is 1. The van der Waals surface area contributed by atoms with Crippen LogP contribution in [-0.2, 0) is 0 Å². The number of hydrogen-bond acceptors (Lipinski definition) is 2. The topological polar surface area (TPSA) is 89.2 Å². The van der Waals surface area contributed by atoms with Gasteiger partial charge >= 0.3 is 0 Å². The summed E-state index contributed by atoms with van der Waals surface area (Å²) in [4.78, 5) is 9.73. The minimum absolute atomic E-state index is 0. The zero-order chi connectivity index (χ0) is 13.5. The molecule has 0 atom stereocenters. The molecular formula is C12H20ClN5O. The smallest absolute Gasteiger partial charge is 0.223 e. The van der Waals surface area contributed by atoms with E-state index in [0.29, 0.717) is 18.3 Å². The molecule has 7 heteroatoms. The Morgan fingerprint density at radius 3 is 2.26 bits per heavy atom. The molecule has 0 amide bonds. The largest absolute Gasteiger partial charge is 0.494 e. The van der Waals surface area contributed by atoms with Crippen LogP contribution in [0.5, 0.6) is 5.75 Å². The van der Waals surface area contributed by atoms with Crippen LogP contribution in [-0.4, -0.2) is 37.5 Å². The molecule has 0 radical (unpaired) electrons. The Hall–Kier alpha value is -1.95. The van der Waals surface area contributed by atoms with Gasteiger partial charge in [-0.05, 0) is 31.2 Å². The summed E-state index contributed by atoms with van der Waals surface area (Å²) < 4.78 is 5.33. The third kappa shape index (κ3) is 5.96. The number of guanidine groups is 2. The van der Waals surface area contributed by atoms with Crippen molar-refractivity contribution in [2.75, 3.05) is 20.7 Å². The third-order valence-electron chi connectivity index (χ3n) is 2.08. The van der Waals surface area contributed by atoms with Gasteiger partial charge in [-0.1, -0.05) is 0 Å². The number of ether oxygens (including phenoxy) is 1. The monoisotopic (exact) mass is 285 g/mol. The molecule has 19 heavy (non-hydrogen) atoms. The van der Waals surface area contributed by atoms with Crippen LogP contribution in [0, 0.1) is 0 Å². The zero-order valence-corrected chi connectivity index (χ0v) is 12.1. The highest BCUT2D eigenvalue weighted by Gasteiger charge is 1.97. The predicted octanol–water partition coefficient (Wildman–Crippen LogP) is 1.33. The van der Waals surface area contributed by atoms with Crippen molar-refractivity contribution in [2.45, 2.75) is 6.92 Å². The quantitative estimate of drug-likeness (QED) is 0.648. The lowest BCUT2D eigenvalue weighted by Gasteiger charge is -2.09. The molecule has 0 aromatic heterocycles. The fraction of sp³-hybridized carbons (Fsp3) is 0.333. The summed E-state index contributed by atoms with van der Waals surface area (Å²) in [5, 5.41) is 0. The maximum atomic E-state index is 5.67. The summed E-state index contributed by atoms with van der Waals surface area (Å²) in [7, 11) is 3.56. The van der Waals surface area contributed by atoms with Gasteiger partial charge in [0.15, 0.2) is 5.96 Å². The van der Waals surface area contributed by atoms with Gasteiger partial charge in [0.2, 0.25) is 5.96 Å². The first-order valence-corrected chi connectivity index (χ1v) is 5.61. The summed E-state index contributed by atoms with van der Waals surface area (Å²) in [6.45, 7) is 2.57. The Kier molecular flexibility index (Phi) is 7.36. The van der Waals surface area contributed by atoms with Crippen LogP contribution in [0.25, 0.3) is 0 Å². The van der Waals surface area contributed by atoms with E-state index < -0.39 is 0 Å². The van der Waals surface area contributed by atoms with E-state index in [-0.39, 0.29) is 18.4 Å². The summed E-state index contributed by atoms with van der Waals surface area (Å²) in [6, 6.07) is 7.27. The summed E-state index contributed by atoms with van der Waals surface area (Å²) in [5.41, 5.74) is 12.0. The predicted molar refractivity (Wildman–Crippen MR) is 81.5 cm³/mol. The van der Waals surface area contributed by atoms with E-state index in [4.69, 9.17) is 16.2 Å². The standard InChI is InChI=1S/C12H19N5O.ClH/c1-4-18-10-7-5-9(6-8-10)15-11(13)16-12(14)17(2)3;/h5-8H,4H2,1-3H3,(H4,13,14,15,16);1H. The lowest BCUT2D eigenvalue weighted by molar-refractivity contribution is 0.340. The van der Waals surface area contributed by atoms with Gasteiger partial charge in [-0.2, -0.15) is 4.99 Å². The summed E-state index contributed by atoms with van der Waals surface area (Å²) >= 11 is 0. The highest BCUT2D eigenvalue weighted by molar-refractivity contribution is 5.94. The normalized spacial score (nSPS) is 11.7. The molecule has 4 N–H and O–H groups in total. The van der Waals surface area contributed by atoms with Crippen molar-refractivity contribution in [3.63, 3.8) is 0 Å². The molecular weight excluding hydrogens is 266 g/mol. The summed E-state index contributed by atoms with van der Waals surface area (Å²) in [5.74, 6) is 1.22. The number of nitrogens with zero attached hydrogens (tertiary/aromatic N) is 3. The van der Waals surface area contributed by atoms with Crippen molar-refractivity contribution in [1.82, 2.24) is 4.90 Å². The van der Waals surface area contributed by atoms with E-state index in [1.54, 1.807) is 31.1 Å². The second-order valence-electron chi connectivity index (χ2n) is 3.76. The van der Waals surface area contributed by atoms with E-state index in [1.165, 1.54) is 0 Å². The van der Waals surface area contributed by atoms with Gasteiger partial charge < -0.3 is 21.1 Å². The van der Waals surface area contributed by atoms with E-state index in [1.807, 2.05) is 19.1 Å². The second kappa shape index (κ2) is 8.20. The van der Waals surface area contributed by atoms with Crippen LogP contribution in [0.15, 0.2) is 34.3 Å². The molecule has 0 saturated heterocycles. The molecule has 0 aliphatic rings. The van der Waals surface area contributed by atoms with Gasteiger partial charge in [0.05, 0.1) is 12.3 Å². The van der Waals surface area contributed by atoms with Crippen molar-refractivity contribution in [2.24, 2.45) is 21.5 Å². The third-order valence-corrected chi connectivity index (χ3v) is 2.08. The molecule has 106 valence electrons. The molecule has 0 unspecified atom stereocenters. The molecule has 0 aliphatic heterocycles. The van der Waals surface area contributed by atoms with E-state index in [0.717, 1.165) is 5.75 Å². The van der Waals surface area contributed by atoms with Gasteiger partial charge in [0.25, 0.3) is 0 Å². The van der Waals surface area contributed by atoms with Crippen LogP contribution in [0.3, 0.4) is 0 Å². The van der Waals surface area contributed by atoms with Crippen molar-refractivity contribution < 1.29 is 4.74 Å². The van der Waals surface area contributed by atoms with Gasteiger partial charge in [-0.25, -0.2) is 4.99 Å². The van der Waals surface area contributed by atoms with Crippen molar-refractivity contribution >= 4 is 30.0 Å². The minimum atomic E-state index is 0. The molecule has 0 fully saturated rings. The van der Waals surface area contributed by atoms with Gasteiger partial charge in [0.1, 0.15) is 5.75 Å². The Labute approximate surface area is 119 Å². The van der Waals surface area contributed by atoms with Crippen LogP contribution in [0.1, 0.15) is 6.92 Å². The van der Waals surface area contributed by atoms with Gasteiger partial charge in [0, 0.05) is 14.1 Å². The molecule has 6 nitrogen and oxygen atoms in total. The average molecular weight is 286 g/mol. The molecule has 1 aromatic carbocycles. The number of aliphatic imine (C=N–C) groups is 2. The van der Waals surface area contributed by atoms with Crippen LogP contribution >= 0.6 is 12.4 Å². The van der Waals surface area contributed by atoms with Crippen molar-refractivity contribution in [3.05, 3.63) is 24.3 Å². The fourth-order valence-electron chi connectivity index (χ4n) is 1.16. The van der Waals surface area contributed by atoms with Gasteiger partial charge in [-0.3, -0.25) is 0 Å². The number of nitrogens with two attached hydrogens (primary N) is 2. The van der Waals surface area contributed by atoms with E-state index >= 15 is 0 Å². The van der Waals surface area contributed by atoms with Crippen molar-refractivity contribution in [1.29, 1.82) is 0 Å².